The highest BCUT2D eigenvalue weighted by Crippen LogP contribution is 2.20. The van der Waals surface area contributed by atoms with Crippen molar-refractivity contribution in [1.29, 1.82) is 5.26 Å². The van der Waals surface area contributed by atoms with Crippen LogP contribution in [0.5, 0.6) is 5.88 Å². The normalized spacial score (nSPS) is 19.8. The maximum atomic E-state index is 8.83. The maximum Gasteiger partial charge on any atom is 0.225 e. The molecule has 0 amide bonds. The van der Waals surface area contributed by atoms with E-state index in [1.54, 1.807) is 6.07 Å². The highest BCUT2D eigenvalue weighted by Gasteiger charge is 2.21. The average molecular weight is 235 g/mol. The molecule has 0 aromatic carbocycles. The molecular formula is C10H13N5O2. The van der Waals surface area contributed by atoms with E-state index < -0.39 is 6.10 Å². The minimum Gasteiger partial charge on any atom is -0.481 e. The van der Waals surface area contributed by atoms with Crippen LogP contribution in [0.3, 0.4) is 0 Å². The summed E-state index contributed by atoms with van der Waals surface area (Å²) in [5, 5.41) is 8.83. The van der Waals surface area contributed by atoms with Crippen LogP contribution >= 0.6 is 0 Å². The second-order valence-electron chi connectivity index (χ2n) is 3.56. The Morgan fingerprint density at radius 1 is 1.65 bits per heavy atom. The number of morpholine rings is 1. The van der Waals surface area contributed by atoms with Gasteiger partial charge in [0.15, 0.2) is 6.10 Å². The molecule has 1 aliphatic heterocycles. The second kappa shape index (κ2) is 4.84. The molecular weight excluding hydrogens is 222 g/mol. The molecule has 1 atom stereocenters. The van der Waals surface area contributed by atoms with Crippen LogP contribution in [0.15, 0.2) is 6.07 Å². The number of hydrogen-bond acceptors (Lipinski definition) is 7. The molecule has 1 aromatic rings. The van der Waals surface area contributed by atoms with Gasteiger partial charge in [-0.3, -0.25) is 0 Å². The molecule has 1 unspecified atom stereocenters. The molecule has 1 saturated heterocycles. The maximum absolute atomic E-state index is 8.83. The molecule has 90 valence electrons. The lowest BCUT2D eigenvalue weighted by Crippen LogP contribution is -2.42. The zero-order valence-electron chi connectivity index (χ0n) is 9.46. The fraction of sp³-hybridized carbons (Fsp3) is 0.500. The Labute approximate surface area is 98.8 Å². The Morgan fingerprint density at radius 2 is 2.47 bits per heavy atom. The third-order valence-electron chi connectivity index (χ3n) is 2.45. The summed E-state index contributed by atoms with van der Waals surface area (Å²) >= 11 is 0. The molecule has 2 N–H and O–H groups in total. The lowest BCUT2D eigenvalue weighted by molar-refractivity contribution is 0.0761. The summed E-state index contributed by atoms with van der Waals surface area (Å²) in [7, 11) is 1.52. The summed E-state index contributed by atoms with van der Waals surface area (Å²) in [5.74, 6) is 1.21. The predicted molar refractivity (Wildman–Crippen MR) is 60.6 cm³/mol. The number of methoxy groups -OCH3 is 1. The van der Waals surface area contributed by atoms with Crippen molar-refractivity contribution in [3.63, 3.8) is 0 Å². The van der Waals surface area contributed by atoms with Gasteiger partial charge in [-0.05, 0) is 0 Å². The molecule has 17 heavy (non-hydrogen) atoms. The van der Waals surface area contributed by atoms with Crippen molar-refractivity contribution < 1.29 is 9.47 Å². The molecule has 0 spiro atoms. The monoisotopic (exact) mass is 235 g/mol. The first-order valence-corrected chi connectivity index (χ1v) is 5.17. The van der Waals surface area contributed by atoms with E-state index >= 15 is 0 Å². The van der Waals surface area contributed by atoms with Crippen LogP contribution in [0.1, 0.15) is 0 Å². The third-order valence-corrected chi connectivity index (χ3v) is 2.45. The van der Waals surface area contributed by atoms with Gasteiger partial charge in [0.25, 0.3) is 0 Å². The molecule has 7 heteroatoms. The minimum atomic E-state index is -0.439. The van der Waals surface area contributed by atoms with Crippen molar-refractivity contribution in [1.82, 2.24) is 9.97 Å². The minimum absolute atomic E-state index is 0.152. The first-order valence-electron chi connectivity index (χ1n) is 5.17. The molecule has 1 fully saturated rings. The van der Waals surface area contributed by atoms with Crippen LogP contribution < -0.4 is 15.4 Å². The van der Waals surface area contributed by atoms with Gasteiger partial charge >= 0.3 is 0 Å². The standard InChI is InChI=1S/C10H13N5O2/c1-16-9-4-8(13-10(12)14-9)15-2-3-17-7(5-11)6-15/h4,7H,2-3,6H2,1H3,(H2,12,13,14). The van der Waals surface area contributed by atoms with E-state index in [9.17, 15) is 0 Å². The van der Waals surface area contributed by atoms with Gasteiger partial charge in [-0.25, -0.2) is 0 Å². The Kier molecular flexibility index (Phi) is 3.25. The van der Waals surface area contributed by atoms with Gasteiger partial charge in [-0.1, -0.05) is 0 Å². The van der Waals surface area contributed by atoms with Crippen LogP contribution in [-0.2, 0) is 4.74 Å². The lowest BCUT2D eigenvalue weighted by atomic mass is 10.3. The van der Waals surface area contributed by atoms with Crippen LogP contribution in [0, 0.1) is 11.3 Å². The van der Waals surface area contributed by atoms with Gasteiger partial charge in [-0.2, -0.15) is 15.2 Å². The van der Waals surface area contributed by atoms with E-state index in [1.165, 1.54) is 7.11 Å². The summed E-state index contributed by atoms with van der Waals surface area (Å²) in [6, 6.07) is 3.77. The van der Waals surface area contributed by atoms with Gasteiger partial charge in [0.05, 0.1) is 26.3 Å². The summed E-state index contributed by atoms with van der Waals surface area (Å²) in [6.45, 7) is 1.62. The van der Waals surface area contributed by atoms with Crippen LogP contribution in [0.25, 0.3) is 0 Å². The largest absolute Gasteiger partial charge is 0.481 e. The number of nitriles is 1. The molecule has 0 radical (unpaired) electrons. The highest BCUT2D eigenvalue weighted by atomic mass is 16.5. The molecule has 0 bridgehead atoms. The van der Waals surface area contributed by atoms with Crippen molar-refractivity contribution in [2.45, 2.75) is 6.10 Å². The van der Waals surface area contributed by atoms with Gasteiger partial charge in [0.2, 0.25) is 11.8 Å². The smallest absolute Gasteiger partial charge is 0.225 e. The summed E-state index contributed by atoms with van der Waals surface area (Å²) < 4.78 is 10.3. The topological polar surface area (TPSA) is 97.3 Å². The average Bonchev–Trinajstić information content (AvgIpc) is 2.38. The zero-order valence-corrected chi connectivity index (χ0v) is 9.46. The van der Waals surface area contributed by atoms with Crippen molar-refractivity contribution >= 4 is 11.8 Å². The van der Waals surface area contributed by atoms with Crippen molar-refractivity contribution in [3.8, 4) is 11.9 Å². The number of nitrogens with zero attached hydrogens (tertiary/aromatic N) is 4. The number of rotatable bonds is 2. The van der Waals surface area contributed by atoms with Gasteiger partial charge in [-0.15, -0.1) is 0 Å². The van der Waals surface area contributed by atoms with Gasteiger partial charge in [0, 0.05) is 12.6 Å². The number of ether oxygens (including phenoxy) is 2. The summed E-state index contributed by atoms with van der Waals surface area (Å²) in [5.41, 5.74) is 5.58. The summed E-state index contributed by atoms with van der Waals surface area (Å²) in [6.07, 6.45) is -0.439. The van der Waals surface area contributed by atoms with Crippen molar-refractivity contribution in [2.75, 3.05) is 37.4 Å². The predicted octanol–water partition coefficient (Wildman–Crippen LogP) is -0.204. The molecule has 0 aliphatic carbocycles. The molecule has 0 saturated carbocycles. The fourth-order valence-corrected chi connectivity index (χ4v) is 1.63. The first kappa shape index (κ1) is 11.4. The van der Waals surface area contributed by atoms with Crippen molar-refractivity contribution in [3.05, 3.63) is 6.07 Å². The fourth-order valence-electron chi connectivity index (χ4n) is 1.63. The van der Waals surface area contributed by atoms with Crippen LogP contribution in [0.2, 0.25) is 0 Å². The number of nitrogen functional groups attached to an aromatic ring is 1. The Hall–Kier alpha value is -2.07. The van der Waals surface area contributed by atoms with Crippen LogP contribution in [0.4, 0.5) is 11.8 Å². The number of aromatic nitrogens is 2. The quantitative estimate of drug-likeness (QED) is 0.757. The van der Waals surface area contributed by atoms with Gasteiger partial charge < -0.3 is 20.1 Å². The molecule has 2 rings (SSSR count). The summed E-state index contributed by atoms with van der Waals surface area (Å²) in [4.78, 5) is 9.96. The third kappa shape index (κ3) is 2.54. The Morgan fingerprint density at radius 3 is 3.18 bits per heavy atom. The number of hydrogen-bond donors (Lipinski definition) is 1. The number of anilines is 2. The lowest BCUT2D eigenvalue weighted by Gasteiger charge is -2.30. The second-order valence-corrected chi connectivity index (χ2v) is 3.56. The van der Waals surface area contributed by atoms with E-state index in [0.29, 0.717) is 31.4 Å². The SMILES string of the molecule is COc1cc(N2CCOC(C#N)C2)nc(N)n1. The van der Waals surface area contributed by atoms with Crippen molar-refractivity contribution in [2.24, 2.45) is 0 Å². The molecule has 2 heterocycles. The highest BCUT2D eigenvalue weighted by molar-refractivity contribution is 5.46. The van der Waals surface area contributed by atoms with E-state index in [0.717, 1.165) is 0 Å². The van der Waals surface area contributed by atoms with E-state index in [-0.39, 0.29) is 5.95 Å². The van der Waals surface area contributed by atoms with Crippen LogP contribution in [-0.4, -0.2) is 42.9 Å². The molecule has 1 aromatic heterocycles. The van der Waals surface area contributed by atoms with E-state index in [4.69, 9.17) is 20.5 Å². The Bertz CT molecular complexity index is 445. The van der Waals surface area contributed by atoms with E-state index in [2.05, 4.69) is 16.0 Å². The zero-order chi connectivity index (χ0) is 12.3. The number of nitrogens with two attached hydrogens (primary N) is 1. The molecule has 7 nitrogen and oxygen atoms in total. The van der Waals surface area contributed by atoms with E-state index in [1.807, 2.05) is 4.90 Å². The first-order chi connectivity index (χ1) is 8.22. The Balaban J connectivity index is 2.21. The van der Waals surface area contributed by atoms with Gasteiger partial charge in [0.1, 0.15) is 5.82 Å². The molecule has 1 aliphatic rings.